The minimum Gasteiger partial charge on any atom is -0.338 e. The van der Waals surface area contributed by atoms with Gasteiger partial charge in [-0.15, -0.1) is 0 Å². The maximum absolute atomic E-state index is 11.9. The largest absolute Gasteiger partial charge is 0.338 e. The number of carbonyl (C=O) groups is 1. The van der Waals surface area contributed by atoms with Gasteiger partial charge in [0.25, 0.3) is 0 Å². The van der Waals surface area contributed by atoms with Crippen LogP contribution in [0.3, 0.4) is 0 Å². The minimum atomic E-state index is -0.251. The molecule has 1 aliphatic heterocycles. The van der Waals surface area contributed by atoms with E-state index in [4.69, 9.17) is 0 Å². The molecule has 8 heteroatoms. The Hall–Kier alpha value is -2.22. The van der Waals surface area contributed by atoms with Crippen LogP contribution in [0.15, 0.2) is 12.5 Å². The van der Waals surface area contributed by atoms with Crippen LogP contribution >= 0.6 is 0 Å². The van der Waals surface area contributed by atoms with Gasteiger partial charge < -0.3 is 10.2 Å². The smallest absolute Gasteiger partial charge is 0.320 e. The van der Waals surface area contributed by atoms with E-state index in [9.17, 15) is 4.79 Å². The van der Waals surface area contributed by atoms with Crippen molar-refractivity contribution in [3.05, 3.63) is 12.5 Å². The van der Waals surface area contributed by atoms with Crippen molar-refractivity contribution in [3.8, 4) is 0 Å². The first-order chi connectivity index (χ1) is 12.3. The third kappa shape index (κ3) is 4.66. The monoisotopic (exact) mass is 345 g/mol. The molecule has 8 nitrogen and oxygen atoms in total. The maximum Gasteiger partial charge on any atom is 0.320 e. The van der Waals surface area contributed by atoms with Gasteiger partial charge in [0, 0.05) is 13.1 Å². The van der Waals surface area contributed by atoms with E-state index < -0.39 is 0 Å². The fourth-order valence-electron chi connectivity index (χ4n) is 3.14. The van der Waals surface area contributed by atoms with Gasteiger partial charge in [-0.25, -0.2) is 19.4 Å². The standard InChI is InChI=1S/C17H27N7O/c1-2-7-18-17(25)22-15-14-12-21-24(16(14)20-13-19-15)11-10-23-8-5-3-4-6-9-23/h12-13H,2-11H2,1H3,(H2,18,19,20,22,25). The second kappa shape index (κ2) is 8.75. The summed E-state index contributed by atoms with van der Waals surface area (Å²) < 4.78 is 1.90. The Bertz CT molecular complexity index is 691. The molecule has 136 valence electrons. The molecule has 0 unspecified atom stereocenters. The Morgan fingerprint density at radius 2 is 1.96 bits per heavy atom. The number of urea groups is 1. The van der Waals surface area contributed by atoms with Crippen molar-refractivity contribution in [2.24, 2.45) is 0 Å². The van der Waals surface area contributed by atoms with Crippen LogP contribution in [-0.4, -0.2) is 56.9 Å². The molecule has 0 saturated carbocycles. The van der Waals surface area contributed by atoms with Gasteiger partial charge in [-0.2, -0.15) is 5.10 Å². The van der Waals surface area contributed by atoms with E-state index in [0.29, 0.717) is 12.4 Å². The van der Waals surface area contributed by atoms with Crippen LogP contribution in [0.2, 0.25) is 0 Å². The number of hydrogen-bond donors (Lipinski definition) is 2. The van der Waals surface area contributed by atoms with Gasteiger partial charge in [-0.1, -0.05) is 19.8 Å². The number of aromatic nitrogens is 4. The lowest BCUT2D eigenvalue weighted by molar-refractivity contribution is 0.252. The van der Waals surface area contributed by atoms with E-state index >= 15 is 0 Å². The zero-order chi connectivity index (χ0) is 17.5. The molecule has 25 heavy (non-hydrogen) atoms. The van der Waals surface area contributed by atoms with Crippen LogP contribution in [0, 0.1) is 0 Å². The lowest BCUT2D eigenvalue weighted by Gasteiger charge is -2.19. The van der Waals surface area contributed by atoms with E-state index in [1.165, 1.54) is 45.1 Å². The topological polar surface area (TPSA) is 88.0 Å². The second-order valence-corrected chi connectivity index (χ2v) is 6.46. The van der Waals surface area contributed by atoms with Gasteiger partial charge in [-0.3, -0.25) is 5.32 Å². The number of nitrogens with zero attached hydrogens (tertiary/aromatic N) is 5. The molecule has 0 spiro atoms. The van der Waals surface area contributed by atoms with Crippen molar-refractivity contribution in [1.29, 1.82) is 0 Å². The van der Waals surface area contributed by atoms with E-state index in [1.54, 1.807) is 6.20 Å². The molecule has 3 heterocycles. The Kier molecular flexibility index (Phi) is 6.16. The molecule has 0 aromatic carbocycles. The van der Waals surface area contributed by atoms with Gasteiger partial charge in [0.2, 0.25) is 0 Å². The van der Waals surface area contributed by atoms with Crippen molar-refractivity contribution in [2.75, 3.05) is 31.5 Å². The summed E-state index contributed by atoms with van der Waals surface area (Å²) in [7, 11) is 0. The molecule has 2 aromatic heterocycles. The Labute approximate surface area is 148 Å². The number of fused-ring (bicyclic) bond motifs is 1. The molecule has 1 aliphatic rings. The van der Waals surface area contributed by atoms with Crippen LogP contribution in [-0.2, 0) is 6.54 Å². The Balaban J connectivity index is 1.66. The SMILES string of the molecule is CCCNC(=O)Nc1ncnc2c1cnn2CCN1CCCCCC1. The summed E-state index contributed by atoms with van der Waals surface area (Å²) in [5.74, 6) is 0.500. The fraction of sp³-hybridized carbons (Fsp3) is 0.647. The van der Waals surface area contributed by atoms with E-state index in [2.05, 4.69) is 30.6 Å². The van der Waals surface area contributed by atoms with E-state index in [1.807, 2.05) is 11.6 Å². The number of hydrogen-bond acceptors (Lipinski definition) is 5. The molecule has 0 bridgehead atoms. The molecule has 2 amide bonds. The van der Waals surface area contributed by atoms with Crippen molar-refractivity contribution in [3.63, 3.8) is 0 Å². The van der Waals surface area contributed by atoms with Crippen molar-refractivity contribution in [1.82, 2.24) is 30.0 Å². The summed E-state index contributed by atoms with van der Waals surface area (Å²) in [5.41, 5.74) is 0.760. The Morgan fingerprint density at radius 1 is 1.16 bits per heavy atom. The third-order valence-electron chi connectivity index (χ3n) is 4.53. The zero-order valence-corrected chi connectivity index (χ0v) is 14.9. The van der Waals surface area contributed by atoms with Crippen LogP contribution in [0.1, 0.15) is 39.0 Å². The quantitative estimate of drug-likeness (QED) is 0.838. The molecule has 1 saturated heterocycles. The first kappa shape index (κ1) is 17.6. The highest BCUT2D eigenvalue weighted by atomic mass is 16.2. The predicted octanol–water partition coefficient (Wildman–Crippen LogP) is 2.23. The average Bonchev–Trinajstić information content (AvgIpc) is 2.86. The third-order valence-corrected chi connectivity index (χ3v) is 4.53. The van der Waals surface area contributed by atoms with E-state index in [0.717, 1.165) is 30.5 Å². The van der Waals surface area contributed by atoms with Gasteiger partial charge in [0.1, 0.15) is 12.1 Å². The molecular formula is C17H27N7O. The molecule has 0 aliphatic carbocycles. The van der Waals surface area contributed by atoms with Crippen LogP contribution in [0.5, 0.6) is 0 Å². The van der Waals surface area contributed by atoms with Gasteiger partial charge >= 0.3 is 6.03 Å². The van der Waals surface area contributed by atoms with Crippen molar-refractivity contribution >= 4 is 22.9 Å². The molecule has 1 fully saturated rings. The number of carbonyl (C=O) groups excluding carboxylic acids is 1. The summed E-state index contributed by atoms with van der Waals surface area (Å²) in [4.78, 5) is 22.9. The van der Waals surface area contributed by atoms with Gasteiger partial charge in [-0.05, 0) is 32.4 Å². The molecule has 0 radical (unpaired) electrons. The lowest BCUT2D eigenvalue weighted by Crippen LogP contribution is -2.29. The van der Waals surface area contributed by atoms with Gasteiger partial charge in [0.05, 0.1) is 18.1 Å². The van der Waals surface area contributed by atoms with Crippen molar-refractivity contribution < 1.29 is 4.79 Å². The lowest BCUT2D eigenvalue weighted by atomic mass is 10.2. The van der Waals surface area contributed by atoms with E-state index in [-0.39, 0.29) is 6.03 Å². The molecule has 2 aromatic rings. The van der Waals surface area contributed by atoms with Crippen LogP contribution < -0.4 is 10.6 Å². The van der Waals surface area contributed by atoms with Crippen LogP contribution in [0.4, 0.5) is 10.6 Å². The normalized spacial score (nSPS) is 15.9. The predicted molar refractivity (Wildman–Crippen MR) is 97.5 cm³/mol. The highest BCUT2D eigenvalue weighted by Gasteiger charge is 2.13. The Morgan fingerprint density at radius 3 is 2.72 bits per heavy atom. The number of rotatable bonds is 6. The second-order valence-electron chi connectivity index (χ2n) is 6.46. The molecule has 0 atom stereocenters. The highest BCUT2D eigenvalue weighted by Crippen LogP contribution is 2.18. The summed E-state index contributed by atoms with van der Waals surface area (Å²) in [6, 6.07) is -0.251. The number of likely N-dealkylation sites (tertiary alicyclic amines) is 1. The van der Waals surface area contributed by atoms with Gasteiger partial charge in [0.15, 0.2) is 5.65 Å². The number of nitrogens with one attached hydrogen (secondary N) is 2. The molecular weight excluding hydrogens is 318 g/mol. The summed E-state index contributed by atoms with van der Waals surface area (Å²) >= 11 is 0. The summed E-state index contributed by atoms with van der Waals surface area (Å²) in [6.07, 6.45) is 9.33. The highest BCUT2D eigenvalue weighted by molar-refractivity contribution is 5.97. The number of amides is 2. The summed E-state index contributed by atoms with van der Waals surface area (Å²) in [5, 5.41) is 10.8. The number of anilines is 1. The van der Waals surface area contributed by atoms with Crippen molar-refractivity contribution in [2.45, 2.75) is 45.6 Å². The zero-order valence-electron chi connectivity index (χ0n) is 14.9. The first-order valence-corrected chi connectivity index (χ1v) is 9.21. The average molecular weight is 345 g/mol. The molecule has 3 rings (SSSR count). The fourth-order valence-corrected chi connectivity index (χ4v) is 3.14. The van der Waals surface area contributed by atoms with Crippen LogP contribution in [0.25, 0.3) is 11.0 Å². The molecule has 2 N–H and O–H groups in total. The minimum absolute atomic E-state index is 0.251. The summed E-state index contributed by atoms with van der Waals surface area (Å²) in [6.45, 7) is 6.74. The maximum atomic E-state index is 11.9. The first-order valence-electron chi connectivity index (χ1n) is 9.21.